The summed E-state index contributed by atoms with van der Waals surface area (Å²) in [6.07, 6.45) is 1.71. The molecule has 0 spiro atoms. The number of amides is 1. The summed E-state index contributed by atoms with van der Waals surface area (Å²) in [7, 11) is -4.07. The number of unbranched alkanes of at least 4 members (excludes halogenated alkanes) is 1. The van der Waals surface area contributed by atoms with Crippen molar-refractivity contribution in [1.29, 1.82) is 0 Å². The third-order valence-electron chi connectivity index (χ3n) is 5.54. The molecule has 7 nitrogen and oxygen atoms in total. The number of hydrogen-bond acceptors (Lipinski definition) is 5. The molecule has 0 heterocycles. The summed E-state index contributed by atoms with van der Waals surface area (Å²) < 4.78 is 33.4. The van der Waals surface area contributed by atoms with Crippen LogP contribution in [-0.2, 0) is 19.6 Å². The van der Waals surface area contributed by atoms with Crippen LogP contribution in [-0.4, -0.2) is 33.4 Å². The van der Waals surface area contributed by atoms with E-state index in [1.807, 2.05) is 13.8 Å². The van der Waals surface area contributed by atoms with Crippen LogP contribution in [0.3, 0.4) is 0 Å². The first kappa shape index (κ1) is 27.2. The molecule has 3 aromatic rings. The highest BCUT2D eigenvalue weighted by Crippen LogP contribution is 2.31. The molecule has 3 rings (SSSR count). The maximum absolute atomic E-state index is 13.6. The zero-order valence-electron chi connectivity index (χ0n) is 20.5. The van der Waals surface area contributed by atoms with E-state index in [4.69, 9.17) is 16.3 Å². The van der Waals surface area contributed by atoms with E-state index in [1.165, 1.54) is 12.1 Å². The van der Waals surface area contributed by atoms with Crippen LogP contribution in [0.15, 0.2) is 71.6 Å². The second-order valence-corrected chi connectivity index (χ2v) is 10.6. The highest BCUT2D eigenvalue weighted by molar-refractivity contribution is 7.92. The molecule has 190 valence electrons. The van der Waals surface area contributed by atoms with E-state index in [0.29, 0.717) is 34.1 Å². The number of ether oxygens (including phenoxy) is 1. The Hall–Kier alpha value is -3.36. The third kappa shape index (κ3) is 6.65. The summed E-state index contributed by atoms with van der Waals surface area (Å²) >= 11 is 6.26. The normalized spacial score (nSPS) is 11.1. The highest BCUT2D eigenvalue weighted by atomic mass is 35.5. The lowest BCUT2D eigenvalue weighted by atomic mass is 10.2. The molecule has 0 atom stereocenters. The summed E-state index contributed by atoms with van der Waals surface area (Å²) in [6.45, 7) is 5.44. The van der Waals surface area contributed by atoms with Crippen molar-refractivity contribution < 1.29 is 22.7 Å². The van der Waals surface area contributed by atoms with Crippen LogP contribution >= 0.6 is 11.6 Å². The largest absolute Gasteiger partial charge is 0.462 e. The van der Waals surface area contributed by atoms with Crippen LogP contribution in [0.2, 0.25) is 5.02 Å². The van der Waals surface area contributed by atoms with Crippen molar-refractivity contribution in [1.82, 2.24) is 0 Å². The van der Waals surface area contributed by atoms with Crippen molar-refractivity contribution in [2.45, 2.75) is 38.5 Å². The standard InChI is InChI=1S/C27H29ClN2O5S/c1-4-5-17-35-27(32)21-11-13-22(14-12-21)29-26(31)18-30(25-8-6-7-24(28)20(25)3)36(33,34)23-15-9-19(2)10-16-23/h6-16H,4-5,17-18H2,1-3H3,(H,29,31). The van der Waals surface area contributed by atoms with Crippen LogP contribution in [0.1, 0.15) is 41.3 Å². The van der Waals surface area contributed by atoms with Crippen LogP contribution in [0, 0.1) is 13.8 Å². The van der Waals surface area contributed by atoms with Gasteiger partial charge in [-0.2, -0.15) is 0 Å². The van der Waals surface area contributed by atoms with Gasteiger partial charge in [-0.1, -0.05) is 48.7 Å². The molecule has 0 aromatic heterocycles. The summed E-state index contributed by atoms with van der Waals surface area (Å²) in [5.74, 6) is -0.989. The number of aryl methyl sites for hydroxylation is 1. The van der Waals surface area contributed by atoms with Gasteiger partial charge in [0.05, 0.1) is 22.8 Å². The Kier molecular flexibility index (Phi) is 9.12. The summed E-state index contributed by atoms with van der Waals surface area (Å²) in [5.41, 5.74) is 2.54. The fourth-order valence-electron chi connectivity index (χ4n) is 3.42. The van der Waals surface area contributed by atoms with Crippen molar-refractivity contribution in [2.75, 3.05) is 22.8 Å². The molecule has 0 unspecified atom stereocenters. The number of nitrogens with one attached hydrogen (secondary N) is 1. The smallest absolute Gasteiger partial charge is 0.338 e. The molecule has 0 aliphatic rings. The zero-order chi connectivity index (χ0) is 26.3. The molecular formula is C27H29ClN2O5S. The molecular weight excluding hydrogens is 500 g/mol. The Morgan fingerprint density at radius 2 is 1.64 bits per heavy atom. The number of carbonyl (C=O) groups excluding carboxylic acids is 2. The van der Waals surface area contributed by atoms with Crippen molar-refractivity contribution in [3.63, 3.8) is 0 Å². The second kappa shape index (κ2) is 12.1. The number of anilines is 2. The number of esters is 1. The van der Waals surface area contributed by atoms with Gasteiger partial charge in [-0.15, -0.1) is 0 Å². The van der Waals surface area contributed by atoms with Crippen molar-refractivity contribution in [3.8, 4) is 0 Å². The molecule has 36 heavy (non-hydrogen) atoms. The molecule has 0 bridgehead atoms. The fourth-order valence-corrected chi connectivity index (χ4v) is 5.06. The molecule has 1 amide bonds. The Morgan fingerprint density at radius 3 is 2.28 bits per heavy atom. The minimum atomic E-state index is -4.07. The Morgan fingerprint density at radius 1 is 0.972 bits per heavy atom. The van der Waals surface area contributed by atoms with Gasteiger partial charge in [0, 0.05) is 10.7 Å². The van der Waals surface area contributed by atoms with E-state index in [2.05, 4.69) is 5.32 Å². The van der Waals surface area contributed by atoms with Crippen LogP contribution in [0.4, 0.5) is 11.4 Å². The molecule has 1 N–H and O–H groups in total. The first-order valence-electron chi connectivity index (χ1n) is 11.5. The molecule has 0 fully saturated rings. The zero-order valence-corrected chi connectivity index (χ0v) is 22.0. The minimum absolute atomic E-state index is 0.0613. The lowest BCUT2D eigenvalue weighted by molar-refractivity contribution is -0.114. The maximum Gasteiger partial charge on any atom is 0.338 e. The highest BCUT2D eigenvalue weighted by Gasteiger charge is 2.29. The van der Waals surface area contributed by atoms with Crippen LogP contribution in [0.25, 0.3) is 0 Å². The number of nitrogens with zero attached hydrogens (tertiary/aromatic N) is 1. The molecule has 0 aliphatic carbocycles. The predicted octanol–water partition coefficient (Wildman–Crippen LogP) is 5.75. The first-order valence-corrected chi connectivity index (χ1v) is 13.4. The lowest BCUT2D eigenvalue weighted by Crippen LogP contribution is -2.38. The van der Waals surface area contributed by atoms with Crippen LogP contribution in [0.5, 0.6) is 0 Å². The van der Waals surface area contributed by atoms with Crippen molar-refractivity contribution >= 4 is 44.9 Å². The van der Waals surface area contributed by atoms with Gasteiger partial charge in [-0.05, 0) is 74.4 Å². The molecule has 3 aromatic carbocycles. The van der Waals surface area contributed by atoms with Crippen molar-refractivity contribution in [2.24, 2.45) is 0 Å². The van der Waals surface area contributed by atoms with Gasteiger partial charge in [0.1, 0.15) is 6.54 Å². The van der Waals surface area contributed by atoms with Gasteiger partial charge < -0.3 is 10.1 Å². The Bertz CT molecular complexity index is 1320. The first-order chi connectivity index (χ1) is 17.1. The Labute approximate surface area is 217 Å². The Balaban J connectivity index is 1.83. The van der Waals surface area contributed by atoms with Gasteiger partial charge in [-0.25, -0.2) is 13.2 Å². The van der Waals surface area contributed by atoms with Gasteiger partial charge >= 0.3 is 5.97 Å². The summed E-state index contributed by atoms with van der Waals surface area (Å²) in [4.78, 5) is 25.1. The topological polar surface area (TPSA) is 92.8 Å². The van der Waals surface area contributed by atoms with Crippen molar-refractivity contribution in [3.05, 3.63) is 88.4 Å². The van der Waals surface area contributed by atoms with E-state index in [-0.39, 0.29) is 4.90 Å². The number of rotatable bonds is 10. The summed E-state index contributed by atoms with van der Waals surface area (Å²) in [5, 5.41) is 3.08. The lowest BCUT2D eigenvalue weighted by Gasteiger charge is -2.26. The number of halogens is 1. The molecule has 9 heteroatoms. The van der Waals surface area contributed by atoms with E-state index in [9.17, 15) is 18.0 Å². The summed E-state index contributed by atoms with van der Waals surface area (Å²) in [6, 6.07) is 17.5. The predicted molar refractivity (Wildman–Crippen MR) is 142 cm³/mol. The van der Waals surface area contributed by atoms with E-state index < -0.39 is 28.4 Å². The third-order valence-corrected chi connectivity index (χ3v) is 7.72. The average molecular weight is 529 g/mol. The van der Waals surface area contributed by atoms with E-state index in [1.54, 1.807) is 61.5 Å². The van der Waals surface area contributed by atoms with Gasteiger partial charge in [0.15, 0.2) is 0 Å². The molecule has 0 saturated heterocycles. The monoisotopic (exact) mass is 528 g/mol. The van der Waals surface area contributed by atoms with E-state index in [0.717, 1.165) is 22.7 Å². The van der Waals surface area contributed by atoms with Gasteiger partial charge in [-0.3, -0.25) is 9.10 Å². The molecule has 0 aliphatic heterocycles. The van der Waals surface area contributed by atoms with Gasteiger partial charge in [0.25, 0.3) is 10.0 Å². The molecule has 0 radical (unpaired) electrons. The number of sulfonamides is 1. The number of hydrogen-bond donors (Lipinski definition) is 1. The number of carbonyl (C=O) groups is 2. The SMILES string of the molecule is CCCCOC(=O)c1ccc(NC(=O)CN(c2cccc(Cl)c2C)S(=O)(=O)c2ccc(C)cc2)cc1. The van der Waals surface area contributed by atoms with Crippen LogP contribution < -0.4 is 9.62 Å². The second-order valence-electron chi connectivity index (χ2n) is 8.32. The van der Waals surface area contributed by atoms with Gasteiger partial charge in [0.2, 0.25) is 5.91 Å². The maximum atomic E-state index is 13.6. The molecule has 0 saturated carbocycles. The van der Waals surface area contributed by atoms with E-state index >= 15 is 0 Å². The number of benzene rings is 3. The minimum Gasteiger partial charge on any atom is -0.462 e. The fraction of sp³-hybridized carbons (Fsp3) is 0.259. The average Bonchev–Trinajstić information content (AvgIpc) is 2.85. The quantitative estimate of drug-likeness (QED) is 0.267.